The van der Waals surface area contributed by atoms with Gasteiger partial charge in [-0.05, 0) is 37.6 Å². The van der Waals surface area contributed by atoms with Gasteiger partial charge in [0.2, 0.25) is 11.9 Å². The third kappa shape index (κ3) is 5.41. The Bertz CT molecular complexity index is 1060. The van der Waals surface area contributed by atoms with Crippen molar-refractivity contribution in [3.8, 4) is 16.9 Å². The first-order valence-electron chi connectivity index (χ1n) is 9.95. The van der Waals surface area contributed by atoms with Gasteiger partial charge in [0.05, 0.1) is 18.4 Å². The normalized spacial score (nSPS) is 18.6. The van der Waals surface area contributed by atoms with Gasteiger partial charge in [-0.2, -0.15) is 28.2 Å². The molecule has 2 aromatic heterocycles. The Balaban J connectivity index is 1.53. The van der Waals surface area contributed by atoms with Crippen LogP contribution in [0.3, 0.4) is 0 Å². The Hall–Kier alpha value is -3.47. The molecule has 0 bridgehead atoms. The molecule has 8 nitrogen and oxygen atoms in total. The lowest BCUT2D eigenvalue weighted by atomic mass is 10.1. The van der Waals surface area contributed by atoms with Crippen LogP contribution in [-0.2, 0) is 4.74 Å². The Morgan fingerprint density at radius 3 is 2.44 bits per heavy atom. The largest absolute Gasteiger partial charge is 0.435 e. The van der Waals surface area contributed by atoms with Gasteiger partial charge in [-0.1, -0.05) is 12.1 Å². The van der Waals surface area contributed by atoms with Crippen LogP contribution in [0.15, 0.2) is 42.6 Å². The van der Waals surface area contributed by atoms with E-state index in [0.717, 1.165) is 5.56 Å². The Morgan fingerprint density at radius 1 is 1.03 bits per heavy atom. The number of morpholine rings is 1. The fourth-order valence-electron chi connectivity index (χ4n) is 3.50. The monoisotopic (exact) mass is 446 g/mol. The molecule has 1 fully saturated rings. The van der Waals surface area contributed by atoms with E-state index >= 15 is 0 Å². The van der Waals surface area contributed by atoms with Crippen LogP contribution in [0.5, 0.6) is 5.75 Å². The summed E-state index contributed by atoms with van der Waals surface area (Å²) in [6, 6.07) is 8.98. The van der Waals surface area contributed by atoms with Crippen molar-refractivity contribution in [1.29, 1.82) is 0 Å². The molecule has 3 aromatic rings. The van der Waals surface area contributed by atoms with Crippen LogP contribution in [0, 0.1) is 5.95 Å². The van der Waals surface area contributed by atoms with Crippen LogP contribution < -0.4 is 15.0 Å². The minimum atomic E-state index is -2.89. The van der Waals surface area contributed by atoms with E-state index in [1.54, 1.807) is 18.2 Å². The predicted octanol–water partition coefficient (Wildman–Crippen LogP) is 4.03. The summed E-state index contributed by atoms with van der Waals surface area (Å²) >= 11 is 0. The highest BCUT2D eigenvalue weighted by Gasteiger charge is 2.25. The molecule has 0 aliphatic carbocycles. The van der Waals surface area contributed by atoms with Crippen molar-refractivity contribution < 1.29 is 22.6 Å². The average Bonchev–Trinajstić information content (AvgIpc) is 2.73. The summed E-state index contributed by atoms with van der Waals surface area (Å²) in [6.45, 7) is 2.09. The smallest absolute Gasteiger partial charge is 0.387 e. The first kappa shape index (κ1) is 21.8. The zero-order chi connectivity index (χ0) is 22.7. The van der Waals surface area contributed by atoms with Crippen LogP contribution >= 0.6 is 0 Å². The van der Waals surface area contributed by atoms with Crippen molar-refractivity contribution in [2.75, 3.05) is 23.3 Å². The van der Waals surface area contributed by atoms with Crippen LogP contribution in [0.1, 0.15) is 13.8 Å². The molecule has 168 valence electrons. The first-order valence-corrected chi connectivity index (χ1v) is 9.95. The summed E-state index contributed by atoms with van der Waals surface area (Å²) in [5, 5.41) is 10.9. The summed E-state index contributed by atoms with van der Waals surface area (Å²) in [5.41, 5.74) is 1.40. The standard InChI is InChI=1S/C21H21F3N6O2/c1-12-10-30(11-13(2)31-12)21-26-17(22)8-18(28-21)27-19-7-15(9-25-29-19)14-3-5-16(6-4-14)32-20(23)24/h3-9,12-13,20H,10-11H2,1-2H3,(H,26,27,28,29). The molecular formula is C21H21F3N6O2. The summed E-state index contributed by atoms with van der Waals surface area (Å²) in [5.74, 6) is 0.200. The highest BCUT2D eigenvalue weighted by Crippen LogP contribution is 2.26. The summed E-state index contributed by atoms with van der Waals surface area (Å²) in [6.07, 6.45) is 1.47. The molecule has 1 aliphatic rings. The number of aromatic nitrogens is 4. The third-order valence-corrected chi connectivity index (χ3v) is 4.71. The molecule has 1 saturated heterocycles. The maximum absolute atomic E-state index is 14.2. The van der Waals surface area contributed by atoms with Gasteiger partial charge in [-0.25, -0.2) is 0 Å². The summed E-state index contributed by atoms with van der Waals surface area (Å²) in [4.78, 5) is 10.2. The third-order valence-electron chi connectivity index (χ3n) is 4.71. The van der Waals surface area contributed by atoms with Crippen LogP contribution in [0.25, 0.3) is 11.1 Å². The van der Waals surface area contributed by atoms with E-state index in [4.69, 9.17) is 4.74 Å². The van der Waals surface area contributed by atoms with Crippen molar-refractivity contribution >= 4 is 17.6 Å². The molecule has 2 atom stereocenters. The number of ether oxygens (including phenoxy) is 2. The Kier molecular flexibility index (Phi) is 6.35. The van der Waals surface area contributed by atoms with Crippen molar-refractivity contribution in [3.05, 3.63) is 48.5 Å². The second kappa shape index (κ2) is 9.35. The molecule has 0 spiro atoms. The number of hydrogen-bond acceptors (Lipinski definition) is 8. The molecule has 1 N–H and O–H groups in total. The number of nitrogens with one attached hydrogen (secondary N) is 1. The van der Waals surface area contributed by atoms with E-state index in [0.29, 0.717) is 24.5 Å². The number of nitrogens with zero attached hydrogens (tertiary/aromatic N) is 5. The zero-order valence-electron chi connectivity index (χ0n) is 17.4. The van der Waals surface area contributed by atoms with Crippen molar-refractivity contribution in [3.63, 3.8) is 0 Å². The molecule has 2 unspecified atom stereocenters. The zero-order valence-corrected chi connectivity index (χ0v) is 17.4. The minimum Gasteiger partial charge on any atom is -0.435 e. The lowest BCUT2D eigenvalue weighted by Gasteiger charge is -2.35. The quantitative estimate of drug-likeness (QED) is 0.568. The lowest BCUT2D eigenvalue weighted by molar-refractivity contribution is -0.0498. The van der Waals surface area contributed by atoms with Crippen LogP contribution in [0.4, 0.5) is 30.8 Å². The Labute approximate surface area is 182 Å². The van der Waals surface area contributed by atoms with Gasteiger partial charge in [-0.15, -0.1) is 5.10 Å². The van der Waals surface area contributed by atoms with E-state index in [1.165, 1.54) is 24.4 Å². The average molecular weight is 446 g/mol. The van der Waals surface area contributed by atoms with Crippen molar-refractivity contribution in [1.82, 2.24) is 20.2 Å². The van der Waals surface area contributed by atoms with Gasteiger partial charge < -0.3 is 19.7 Å². The second-order valence-corrected chi connectivity index (χ2v) is 7.40. The summed E-state index contributed by atoms with van der Waals surface area (Å²) in [7, 11) is 0. The minimum absolute atomic E-state index is 0.0259. The van der Waals surface area contributed by atoms with Gasteiger partial charge in [0.1, 0.15) is 11.6 Å². The highest BCUT2D eigenvalue weighted by molar-refractivity contribution is 5.67. The van der Waals surface area contributed by atoms with Gasteiger partial charge >= 0.3 is 6.61 Å². The topological polar surface area (TPSA) is 85.3 Å². The van der Waals surface area contributed by atoms with E-state index < -0.39 is 12.6 Å². The fraction of sp³-hybridized carbons (Fsp3) is 0.333. The molecule has 11 heteroatoms. The number of anilines is 3. The molecule has 32 heavy (non-hydrogen) atoms. The number of halogens is 3. The van der Waals surface area contributed by atoms with Crippen LogP contribution in [-0.4, -0.2) is 52.1 Å². The molecule has 3 heterocycles. The summed E-state index contributed by atoms with van der Waals surface area (Å²) < 4.78 is 48.9. The van der Waals surface area contributed by atoms with Gasteiger partial charge in [0.15, 0.2) is 5.82 Å². The van der Waals surface area contributed by atoms with E-state index in [2.05, 4.69) is 30.2 Å². The van der Waals surface area contributed by atoms with E-state index in [1.807, 2.05) is 18.7 Å². The fourth-order valence-corrected chi connectivity index (χ4v) is 3.50. The van der Waals surface area contributed by atoms with Gasteiger partial charge in [-0.3, -0.25) is 0 Å². The van der Waals surface area contributed by atoms with E-state index in [-0.39, 0.29) is 29.7 Å². The van der Waals surface area contributed by atoms with Crippen molar-refractivity contribution in [2.45, 2.75) is 32.7 Å². The second-order valence-electron chi connectivity index (χ2n) is 7.40. The molecule has 0 amide bonds. The number of benzene rings is 1. The maximum atomic E-state index is 14.2. The molecule has 0 radical (unpaired) electrons. The molecule has 1 aromatic carbocycles. The maximum Gasteiger partial charge on any atom is 0.387 e. The number of alkyl halides is 2. The molecular weight excluding hydrogens is 425 g/mol. The SMILES string of the molecule is CC1CN(c2nc(F)cc(Nc3cc(-c4ccc(OC(F)F)cc4)cnn3)n2)CC(C)O1. The van der Waals surface area contributed by atoms with Crippen molar-refractivity contribution in [2.24, 2.45) is 0 Å². The Morgan fingerprint density at radius 2 is 1.75 bits per heavy atom. The van der Waals surface area contributed by atoms with Gasteiger partial charge in [0, 0.05) is 24.7 Å². The number of rotatable bonds is 6. The number of hydrogen-bond donors (Lipinski definition) is 1. The van der Waals surface area contributed by atoms with E-state index in [9.17, 15) is 13.2 Å². The van der Waals surface area contributed by atoms with Gasteiger partial charge in [0.25, 0.3) is 0 Å². The predicted molar refractivity (Wildman–Crippen MR) is 112 cm³/mol. The highest BCUT2D eigenvalue weighted by atomic mass is 19.3. The molecule has 0 saturated carbocycles. The first-order chi connectivity index (χ1) is 15.4. The lowest BCUT2D eigenvalue weighted by Crippen LogP contribution is -2.46. The van der Waals surface area contributed by atoms with Crippen LogP contribution in [0.2, 0.25) is 0 Å². The molecule has 4 rings (SSSR count). The molecule has 1 aliphatic heterocycles.